The molecule has 0 spiro atoms. The first-order valence-corrected chi connectivity index (χ1v) is 4.96. The first-order valence-electron chi connectivity index (χ1n) is 2.84. The van der Waals surface area contributed by atoms with Crippen molar-refractivity contribution in [2.45, 2.75) is 5.88 Å². The second-order valence-electron chi connectivity index (χ2n) is 1.99. The smallest absolute Gasteiger partial charge is 0.138 e. The molecule has 0 unspecified atom stereocenters. The number of hydrogen-bond acceptors (Lipinski definition) is 0. The average molecular weight is 302 g/mol. The lowest BCUT2D eigenvalue weighted by molar-refractivity contribution is 0.619. The third-order valence-corrected chi connectivity index (χ3v) is 2.87. The lowest BCUT2D eigenvalue weighted by atomic mass is 10.2. The first-order chi connectivity index (χ1) is 5.15. The van der Waals surface area contributed by atoms with Crippen molar-refractivity contribution in [3.8, 4) is 0 Å². The summed E-state index contributed by atoms with van der Waals surface area (Å²) in [6.45, 7) is 0. The highest BCUT2D eigenvalue weighted by Gasteiger charge is 2.04. The van der Waals surface area contributed by atoms with Gasteiger partial charge < -0.3 is 0 Å². The zero-order chi connectivity index (χ0) is 8.43. The fourth-order valence-corrected chi connectivity index (χ4v) is 1.90. The topological polar surface area (TPSA) is 0 Å². The van der Waals surface area contributed by atoms with Gasteiger partial charge in [0.15, 0.2) is 0 Å². The minimum absolute atomic E-state index is 0.286. The molecule has 0 saturated heterocycles. The molecule has 0 aliphatic heterocycles. The number of halogens is 4. The molecule has 1 rings (SSSR count). The van der Waals surface area contributed by atoms with Crippen LogP contribution in [-0.2, 0) is 5.88 Å². The highest BCUT2D eigenvalue weighted by Crippen LogP contribution is 2.25. The predicted molar refractivity (Wildman–Crippen MR) is 51.4 cm³/mol. The highest BCUT2D eigenvalue weighted by atomic mass is 79.9. The largest absolute Gasteiger partial charge is 0.206 e. The molecule has 60 valence electrons. The summed E-state index contributed by atoms with van der Waals surface area (Å²) >= 11 is 11.8. The standard InChI is InChI=1S/C7H4Br2ClF/c8-5-2-7(11)6(9)1-4(5)3-10/h1-2H,3H2. The number of rotatable bonds is 1. The summed E-state index contributed by atoms with van der Waals surface area (Å²) < 4.78 is 13.9. The number of alkyl halides is 1. The van der Waals surface area contributed by atoms with E-state index in [1.54, 1.807) is 6.07 Å². The second-order valence-corrected chi connectivity index (χ2v) is 3.97. The Kier molecular flexibility index (Phi) is 3.34. The third kappa shape index (κ3) is 2.17. The zero-order valence-corrected chi connectivity index (χ0v) is 9.30. The Labute approximate surface area is 86.0 Å². The van der Waals surface area contributed by atoms with Gasteiger partial charge >= 0.3 is 0 Å². The molecule has 0 radical (unpaired) electrons. The van der Waals surface area contributed by atoms with Gasteiger partial charge in [-0.2, -0.15) is 0 Å². The van der Waals surface area contributed by atoms with Gasteiger partial charge in [-0.15, -0.1) is 11.6 Å². The maximum Gasteiger partial charge on any atom is 0.138 e. The van der Waals surface area contributed by atoms with Crippen LogP contribution < -0.4 is 0 Å². The minimum Gasteiger partial charge on any atom is -0.206 e. The van der Waals surface area contributed by atoms with E-state index in [0.717, 1.165) is 5.56 Å². The summed E-state index contributed by atoms with van der Waals surface area (Å²) in [6, 6.07) is 3.05. The average Bonchev–Trinajstić information content (AvgIpc) is 1.97. The van der Waals surface area contributed by atoms with Crippen LogP contribution in [-0.4, -0.2) is 0 Å². The molecule has 0 N–H and O–H groups in total. The van der Waals surface area contributed by atoms with Crippen molar-refractivity contribution >= 4 is 43.5 Å². The van der Waals surface area contributed by atoms with Gasteiger partial charge in [0.1, 0.15) is 5.82 Å². The zero-order valence-electron chi connectivity index (χ0n) is 5.37. The van der Waals surface area contributed by atoms with E-state index in [4.69, 9.17) is 11.6 Å². The molecule has 0 nitrogen and oxygen atoms in total. The van der Waals surface area contributed by atoms with Gasteiger partial charge in [0, 0.05) is 10.4 Å². The van der Waals surface area contributed by atoms with E-state index in [9.17, 15) is 4.39 Å². The van der Waals surface area contributed by atoms with E-state index >= 15 is 0 Å². The second kappa shape index (κ2) is 3.87. The lowest BCUT2D eigenvalue weighted by Gasteiger charge is -2.01. The molecule has 0 bridgehead atoms. The van der Waals surface area contributed by atoms with E-state index in [0.29, 0.717) is 14.8 Å². The fraction of sp³-hybridized carbons (Fsp3) is 0.143. The summed E-state index contributed by atoms with van der Waals surface area (Å²) in [5.41, 5.74) is 0.875. The summed E-state index contributed by atoms with van der Waals surface area (Å²) in [5, 5.41) is 0. The molecular formula is C7H4Br2ClF. The van der Waals surface area contributed by atoms with Crippen molar-refractivity contribution in [3.05, 3.63) is 32.5 Å². The van der Waals surface area contributed by atoms with Crippen molar-refractivity contribution in [2.75, 3.05) is 0 Å². The Hall–Kier alpha value is 0.400. The van der Waals surface area contributed by atoms with Crippen molar-refractivity contribution in [1.29, 1.82) is 0 Å². The Bertz CT molecular complexity index is 275. The Morgan fingerprint density at radius 1 is 1.27 bits per heavy atom. The monoisotopic (exact) mass is 300 g/mol. The third-order valence-electron chi connectivity index (χ3n) is 1.23. The van der Waals surface area contributed by atoms with Gasteiger partial charge in [-0.05, 0) is 33.6 Å². The SMILES string of the molecule is Fc1cc(Br)c(CCl)cc1Br. The summed E-state index contributed by atoms with van der Waals surface area (Å²) in [4.78, 5) is 0. The van der Waals surface area contributed by atoms with Crippen LogP contribution in [0, 0.1) is 5.82 Å². The maximum absolute atomic E-state index is 12.8. The molecule has 0 saturated carbocycles. The van der Waals surface area contributed by atoms with Crippen LogP contribution in [0.1, 0.15) is 5.56 Å². The van der Waals surface area contributed by atoms with Gasteiger partial charge in [0.25, 0.3) is 0 Å². The van der Waals surface area contributed by atoms with Crippen molar-refractivity contribution in [2.24, 2.45) is 0 Å². The minimum atomic E-state index is -0.286. The molecule has 0 aromatic heterocycles. The van der Waals surface area contributed by atoms with Crippen molar-refractivity contribution in [1.82, 2.24) is 0 Å². The molecule has 1 aromatic carbocycles. The van der Waals surface area contributed by atoms with E-state index in [2.05, 4.69) is 31.9 Å². The fourth-order valence-electron chi connectivity index (χ4n) is 0.666. The van der Waals surface area contributed by atoms with Crippen LogP contribution in [0.3, 0.4) is 0 Å². The van der Waals surface area contributed by atoms with Gasteiger partial charge in [-0.25, -0.2) is 4.39 Å². The van der Waals surface area contributed by atoms with Gasteiger partial charge in [0.05, 0.1) is 4.47 Å². The summed E-state index contributed by atoms with van der Waals surface area (Å²) in [5.74, 6) is 0.0881. The predicted octanol–water partition coefficient (Wildman–Crippen LogP) is 4.09. The van der Waals surface area contributed by atoms with Crippen LogP contribution in [0.4, 0.5) is 4.39 Å². The van der Waals surface area contributed by atoms with E-state index in [1.807, 2.05) is 0 Å². The molecule has 0 aliphatic carbocycles. The molecular weight excluding hydrogens is 298 g/mol. The molecule has 0 heterocycles. The summed E-state index contributed by atoms with van der Waals surface area (Å²) in [6.07, 6.45) is 0. The Morgan fingerprint density at radius 2 is 1.91 bits per heavy atom. The molecule has 11 heavy (non-hydrogen) atoms. The van der Waals surface area contributed by atoms with E-state index < -0.39 is 0 Å². The van der Waals surface area contributed by atoms with Gasteiger partial charge in [0.2, 0.25) is 0 Å². The van der Waals surface area contributed by atoms with Crippen molar-refractivity contribution in [3.63, 3.8) is 0 Å². The number of benzene rings is 1. The lowest BCUT2D eigenvalue weighted by Crippen LogP contribution is -1.84. The molecule has 4 heteroatoms. The quantitative estimate of drug-likeness (QED) is 0.541. The Balaban J connectivity index is 3.21. The van der Waals surface area contributed by atoms with Crippen LogP contribution in [0.5, 0.6) is 0 Å². The molecule has 0 atom stereocenters. The van der Waals surface area contributed by atoms with Gasteiger partial charge in [-0.3, -0.25) is 0 Å². The number of hydrogen-bond donors (Lipinski definition) is 0. The molecule has 0 fully saturated rings. The highest BCUT2D eigenvalue weighted by molar-refractivity contribution is 9.11. The van der Waals surface area contributed by atoms with E-state index in [-0.39, 0.29) is 5.82 Å². The van der Waals surface area contributed by atoms with Gasteiger partial charge in [-0.1, -0.05) is 15.9 Å². The molecule has 0 amide bonds. The van der Waals surface area contributed by atoms with Crippen LogP contribution >= 0.6 is 43.5 Å². The maximum atomic E-state index is 12.8. The van der Waals surface area contributed by atoms with Crippen LogP contribution in [0.2, 0.25) is 0 Å². The molecule has 1 aromatic rings. The van der Waals surface area contributed by atoms with E-state index in [1.165, 1.54) is 6.07 Å². The summed E-state index contributed by atoms with van der Waals surface area (Å²) in [7, 11) is 0. The van der Waals surface area contributed by atoms with Crippen molar-refractivity contribution < 1.29 is 4.39 Å². The molecule has 0 aliphatic rings. The Morgan fingerprint density at radius 3 is 2.45 bits per heavy atom. The first kappa shape index (κ1) is 9.49. The van der Waals surface area contributed by atoms with Crippen LogP contribution in [0.25, 0.3) is 0 Å². The van der Waals surface area contributed by atoms with Crippen LogP contribution in [0.15, 0.2) is 21.1 Å². The normalized spacial score (nSPS) is 10.2.